The standard InChI is InChI=1S/C14H17FN2O3/c15-11-3-1-10(2-4-11)13(18)9-16-14(19)17-12-5-7-20-8-6-12/h1-4,12H,5-9H2,(H2,16,17,19). The third-order valence-electron chi connectivity index (χ3n) is 3.13. The SMILES string of the molecule is O=C(NCC(=O)c1ccc(F)cc1)NC1CCOCC1. The van der Waals surface area contributed by atoms with Crippen LogP contribution in [0.2, 0.25) is 0 Å². The van der Waals surface area contributed by atoms with E-state index in [1.54, 1.807) is 0 Å². The monoisotopic (exact) mass is 280 g/mol. The third-order valence-corrected chi connectivity index (χ3v) is 3.13. The fraction of sp³-hybridized carbons (Fsp3) is 0.429. The van der Waals surface area contributed by atoms with Gasteiger partial charge in [0.25, 0.3) is 0 Å². The van der Waals surface area contributed by atoms with Crippen LogP contribution in [-0.4, -0.2) is 37.6 Å². The summed E-state index contributed by atoms with van der Waals surface area (Å²) in [6.45, 7) is 1.17. The van der Waals surface area contributed by atoms with E-state index in [4.69, 9.17) is 4.74 Å². The Morgan fingerprint density at radius 2 is 1.85 bits per heavy atom. The van der Waals surface area contributed by atoms with Gasteiger partial charge < -0.3 is 15.4 Å². The molecule has 5 nitrogen and oxygen atoms in total. The Bertz CT molecular complexity index is 470. The summed E-state index contributed by atoms with van der Waals surface area (Å²) in [5.74, 6) is -0.654. The molecule has 0 aromatic heterocycles. The molecule has 0 aliphatic carbocycles. The maximum atomic E-state index is 12.7. The number of carbonyl (C=O) groups is 2. The van der Waals surface area contributed by atoms with Crippen LogP contribution in [0.25, 0.3) is 0 Å². The van der Waals surface area contributed by atoms with Gasteiger partial charge in [0, 0.05) is 24.8 Å². The van der Waals surface area contributed by atoms with Gasteiger partial charge >= 0.3 is 6.03 Å². The number of benzene rings is 1. The summed E-state index contributed by atoms with van der Waals surface area (Å²) in [4.78, 5) is 23.4. The lowest BCUT2D eigenvalue weighted by Gasteiger charge is -2.23. The number of amides is 2. The lowest BCUT2D eigenvalue weighted by molar-refractivity contribution is 0.0799. The lowest BCUT2D eigenvalue weighted by Crippen LogP contribution is -2.45. The van der Waals surface area contributed by atoms with E-state index in [2.05, 4.69) is 10.6 Å². The van der Waals surface area contributed by atoms with E-state index in [9.17, 15) is 14.0 Å². The van der Waals surface area contributed by atoms with Crippen LogP contribution < -0.4 is 10.6 Å². The molecule has 2 rings (SSSR count). The smallest absolute Gasteiger partial charge is 0.315 e. The van der Waals surface area contributed by atoms with Gasteiger partial charge in [-0.3, -0.25) is 4.79 Å². The van der Waals surface area contributed by atoms with Crippen molar-refractivity contribution in [3.63, 3.8) is 0 Å². The Morgan fingerprint density at radius 1 is 1.20 bits per heavy atom. The van der Waals surface area contributed by atoms with E-state index >= 15 is 0 Å². The lowest BCUT2D eigenvalue weighted by atomic mass is 10.1. The molecule has 0 bridgehead atoms. The van der Waals surface area contributed by atoms with Gasteiger partial charge in [-0.25, -0.2) is 9.18 Å². The van der Waals surface area contributed by atoms with Crippen molar-refractivity contribution in [1.29, 1.82) is 0 Å². The van der Waals surface area contributed by atoms with Crippen molar-refractivity contribution in [3.8, 4) is 0 Å². The summed E-state index contributed by atoms with van der Waals surface area (Å²) in [7, 11) is 0. The molecule has 1 aromatic rings. The van der Waals surface area contributed by atoms with E-state index in [0.29, 0.717) is 18.8 Å². The van der Waals surface area contributed by atoms with Crippen molar-refractivity contribution in [2.24, 2.45) is 0 Å². The van der Waals surface area contributed by atoms with Crippen molar-refractivity contribution in [1.82, 2.24) is 10.6 Å². The summed E-state index contributed by atoms with van der Waals surface area (Å²) in [6.07, 6.45) is 1.55. The van der Waals surface area contributed by atoms with Gasteiger partial charge in [-0.15, -0.1) is 0 Å². The molecule has 0 atom stereocenters. The number of ketones is 1. The summed E-state index contributed by atoms with van der Waals surface area (Å²) in [5, 5.41) is 5.30. The zero-order chi connectivity index (χ0) is 14.4. The first-order chi connectivity index (χ1) is 9.65. The van der Waals surface area contributed by atoms with Crippen LogP contribution in [-0.2, 0) is 4.74 Å². The number of ether oxygens (including phenoxy) is 1. The molecule has 1 aromatic carbocycles. The Balaban J connectivity index is 1.75. The zero-order valence-corrected chi connectivity index (χ0v) is 11.0. The maximum Gasteiger partial charge on any atom is 0.315 e. The van der Waals surface area contributed by atoms with Crippen LogP contribution in [0.4, 0.5) is 9.18 Å². The molecule has 2 N–H and O–H groups in total. The van der Waals surface area contributed by atoms with Crippen LogP contribution in [0.1, 0.15) is 23.2 Å². The van der Waals surface area contributed by atoms with E-state index in [-0.39, 0.29) is 24.4 Å². The van der Waals surface area contributed by atoms with Crippen LogP contribution in [0.3, 0.4) is 0 Å². The predicted octanol–water partition coefficient (Wildman–Crippen LogP) is 1.49. The number of nitrogens with one attached hydrogen (secondary N) is 2. The minimum Gasteiger partial charge on any atom is -0.381 e. The number of Topliss-reactive ketones (excluding diaryl/α,β-unsaturated/α-hetero) is 1. The normalized spacial score (nSPS) is 15.7. The van der Waals surface area contributed by atoms with E-state index in [1.807, 2.05) is 0 Å². The van der Waals surface area contributed by atoms with Gasteiger partial charge in [0.15, 0.2) is 5.78 Å². The minimum atomic E-state index is -0.397. The number of halogens is 1. The molecule has 1 aliphatic heterocycles. The second kappa shape index (κ2) is 7.00. The highest BCUT2D eigenvalue weighted by molar-refractivity contribution is 5.99. The first-order valence-corrected chi connectivity index (χ1v) is 6.56. The average molecular weight is 280 g/mol. The quantitative estimate of drug-likeness (QED) is 0.821. The molecular formula is C14H17FN2O3. The summed E-state index contributed by atoms with van der Waals surface area (Å²) in [6, 6.07) is 4.95. The fourth-order valence-corrected chi connectivity index (χ4v) is 1.98. The fourth-order valence-electron chi connectivity index (χ4n) is 1.98. The Labute approximate surface area is 116 Å². The molecule has 1 saturated heterocycles. The number of hydrogen-bond donors (Lipinski definition) is 2. The average Bonchev–Trinajstić information content (AvgIpc) is 2.46. The maximum absolute atomic E-state index is 12.7. The second-order valence-corrected chi connectivity index (χ2v) is 4.64. The van der Waals surface area contributed by atoms with Crippen LogP contribution in [0.5, 0.6) is 0 Å². The topological polar surface area (TPSA) is 67.4 Å². The highest BCUT2D eigenvalue weighted by atomic mass is 19.1. The molecule has 0 spiro atoms. The van der Waals surface area contributed by atoms with E-state index in [1.165, 1.54) is 24.3 Å². The van der Waals surface area contributed by atoms with Crippen LogP contribution >= 0.6 is 0 Å². The van der Waals surface area contributed by atoms with E-state index < -0.39 is 5.82 Å². The molecule has 0 radical (unpaired) electrons. The van der Waals surface area contributed by atoms with Gasteiger partial charge in [-0.05, 0) is 37.1 Å². The Morgan fingerprint density at radius 3 is 2.50 bits per heavy atom. The Hall–Kier alpha value is -1.95. The largest absolute Gasteiger partial charge is 0.381 e. The summed E-state index contributed by atoms with van der Waals surface area (Å²) >= 11 is 0. The molecule has 108 valence electrons. The number of rotatable bonds is 4. The minimum absolute atomic E-state index is 0.0877. The molecule has 1 aliphatic rings. The molecule has 1 fully saturated rings. The van der Waals surface area contributed by atoms with Crippen molar-refractivity contribution in [2.75, 3.05) is 19.8 Å². The van der Waals surface area contributed by atoms with Crippen LogP contribution in [0, 0.1) is 5.82 Å². The molecule has 20 heavy (non-hydrogen) atoms. The summed E-state index contributed by atoms with van der Waals surface area (Å²) < 4.78 is 17.9. The van der Waals surface area contributed by atoms with Crippen molar-refractivity contribution >= 4 is 11.8 Å². The number of carbonyl (C=O) groups excluding carboxylic acids is 2. The molecular weight excluding hydrogens is 263 g/mol. The number of hydrogen-bond acceptors (Lipinski definition) is 3. The molecule has 0 saturated carbocycles. The summed E-state index contributed by atoms with van der Waals surface area (Å²) in [5.41, 5.74) is 0.373. The molecule has 1 heterocycles. The van der Waals surface area contributed by atoms with Crippen molar-refractivity contribution < 1.29 is 18.7 Å². The highest BCUT2D eigenvalue weighted by Crippen LogP contribution is 2.06. The Kier molecular flexibility index (Phi) is 5.06. The van der Waals surface area contributed by atoms with Crippen molar-refractivity contribution in [2.45, 2.75) is 18.9 Å². The first kappa shape index (κ1) is 14.5. The van der Waals surface area contributed by atoms with Crippen molar-refractivity contribution in [3.05, 3.63) is 35.6 Å². The molecule has 2 amide bonds. The van der Waals surface area contributed by atoms with Gasteiger partial charge in [0.05, 0.1) is 6.54 Å². The number of urea groups is 1. The van der Waals surface area contributed by atoms with Gasteiger partial charge in [-0.1, -0.05) is 0 Å². The highest BCUT2D eigenvalue weighted by Gasteiger charge is 2.16. The zero-order valence-electron chi connectivity index (χ0n) is 11.0. The second-order valence-electron chi connectivity index (χ2n) is 4.64. The molecule has 0 unspecified atom stereocenters. The third kappa shape index (κ3) is 4.31. The van der Waals surface area contributed by atoms with Crippen LogP contribution in [0.15, 0.2) is 24.3 Å². The van der Waals surface area contributed by atoms with Gasteiger partial charge in [0.1, 0.15) is 5.82 Å². The first-order valence-electron chi connectivity index (χ1n) is 6.56. The van der Waals surface area contributed by atoms with Gasteiger partial charge in [-0.2, -0.15) is 0 Å². The van der Waals surface area contributed by atoms with E-state index in [0.717, 1.165) is 12.8 Å². The molecule has 6 heteroatoms. The predicted molar refractivity (Wildman–Crippen MR) is 71.1 cm³/mol. The van der Waals surface area contributed by atoms with Gasteiger partial charge in [0.2, 0.25) is 0 Å².